The number of nitrogens with one attached hydrogen (secondary N) is 1. The van der Waals surface area contributed by atoms with Crippen molar-refractivity contribution in [2.24, 2.45) is 0 Å². The molecule has 1 N–H and O–H groups in total. The summed E-state index contributed by atoms with van der Waals surface area (Å²) in [7, 11) is 0. The van der Waals surface area contributed by atoms with Crippen LogP contribution in [0, 0.1) is 12.7 Å². The fourth-order valence-electron chi connectivity index (χ4n) is 1.77. The van der Waals surface area contributed by atoms with Gasteiger partial charge in [-0.2, -0.15) is 0 Å². The molecule has 0 aromatic heterocycles. The minimum Gasteiger partial charge on any atom is -0.480 e. The van der Waals surface area contributed by atoms with Gasteiger partial charge in [0.1, 0.15) is 11.6 Å². The van der Waals surface area contributed by atoms with Crippen LogP contribution in [0.3, 0.4) is 0 Å². The highest BCUT2D eigenvalue weighted by Gasteiger charge is 2.17. The lowest BCUT2D eigenvalue weighted by Crippen LogP contribution is -2.30. The molecular formula is C16H14Br2FNO2. The molecular weight excluding hydrogens is 417 g/mol. The molecule has 0 radical (unpaired) electrons. The largest absolute Gasteiger partial charge is 0.480 e. The summed E-state index contributed by atoms with van der Waals surface area (Å²) in [4.78, 5) is 12.1. The number of amides is 1. The van der Waals surface area contributed by atoms with Crippen molar-refractivity contribution in [1.29, 1.82) is 0 Å². The Morgan fingerprint density at radius 1 is 1.23 bits per heavy atom. The first-order valence-corrected chi connectivity index (χ1v) is 8.14. The lowest BCUT2D eigenvalue weighted by molar-refractivity contribution is -0.122. The summed E-state index contributed by atoms with van der Waals surface area (Å²) in [6, 6.07) is 10.0. The van der Waals surface area contributed by atoms with Crippen LogP contribution in [-0.4, -0.2) is 12.0 Å². The molecule has 0 saturated carbocycles. The standard InChI is InChI=1S/C16H14Br2FNO2/c1-9-3-5-14(13(19)7-9)20-16(21)10(2)22-15-6-4-11(17)8-12(15)18/h3-8,10H,1-2H3,(H,20,21). The Kier molecular flexibility index (Phi) is 5.58. The predicted molar refractivity (Wildman–Crippen MR) is 91.7 cm³/mol. The monoisotopic (exact) mass is 429 g/mol. The van der Waals surface area contributed by atoms with E-state index in [-0.39, 0.29) is 5.69 Å². The maximum absolute atomic E-state index is 13.7. The zero-order chi connectivity index (χ0) is 16.3. The third kappa shape index (κ3) is 4.30. The lowest BCUT2D eigenvalue weighted by atomic mass is 10.2. The molecule has 0 aliphatic rings. The number of rotatable bonds is 4. The number of halogens is 3. The number of ether oxygens (including phenoxy) is 1. The highest BCUT2D eigenvalue weighted by atomic mass is 79.9. The molecule has 0 spiro atoms. The Hall–Kier alpha value is -1.40. The van der Waals surface area contributed by atoms with Gasteiger partial charge in [-0.3, -0.25) is 4.79 Å². The number of hydrogen-bond acceptors (Lipinski definition) is 2. The van der Waals surface area contributed by atoms with Gasteiger partial charge in [0.25, 0.3) is 5.91 Å². The number of benzene rings is 2. The van der Waals surface area contributed by atoms with E-state index in [2.05, 4.69) is 37.2 Å². The number of anilines is 1. The second kappa shape index (κ2) is 7.24. The van der Waals surface area contributed by atoms with Crippen molar-refractivity contribution in [2.45, 2.75) is 20.0 Å². The second-order valence-electron chi connectivity index (χ2n) is 4.81. The van der Waals surface area contributed by atoms with E-state index in [9.17, 15) is 9.18 Å². The van der Waals surface area contributed by atoms with Gasteiger partial charge in [0, 0.05) is 4.47 Å². The second-order valence-corrected chi connectivity index (χ2v) is 6.58. The van der Waals surface area contributed by atoms with Gasteiger partial charge >= 0.3 is 0 Å². The average molecular weight is 431 g/mol. The van der Waals surface area contributed by atoms with E-state index in [0.29, 0.717) is 5.75 Å². The van der Waals surface area contributed by atoms with Crippen molar-refractivity contribution in [3.63, 3.8) is 0 Å². The SMILES string of the molecule is Cc1ccc(NC(=O)C(C)Oc2ccc(Br)cc2Br)c(F)c1. The summed E-state index contributed by atoms with van der Waals surface area (Å²) in [5.41, 5.74) is 0.930. The first-order chi connectivity index (χ1) is 10.4. The normalized spacial score (nSPS) is 11.9. The van der Waals surface area contributed by atoms with Crippen LogP contribution in [0.2, 0.25) is 0 Å². The molecule has 6 heteroatoms. The molecule has 1 atom stereocenters. The van der Waals surface area contributed by atoms with Gasteiger partial charge in [-0.1, -0.05) is 22.0 Å². The van der Waals surface area contributed by atoms with Crippen LogP contribution in [0.5, 0.6) is 5.75 Å². The maximum Gasteiger partial charge on any atom is 0.265 e. The van der Waals surface area contributed by atoms with Crippen LogP contribution >= 0.6 is 31.9 Å². The number of carbonyl (C=O) groups is 1. The minimum atomic E-state index is -0.766. The molecule has 1 unspecified atom stereocenters. The van der Waals surface area contributed by atoms with Gasteiger partial charge in [0.2, 0.25) is 0 Å². The van der Waals surface area contributed by atoms with Gasteiger partial charge in [-0.25, -0.2) is 4.39 Å². The topological polar surface area (TPSA) is 38.3 Å². The molecule has 0 fully saturated rings. The van der Waals surface area contributed by atoms with Gasteiger partial charge in [-0.15, -0.1) is 0 Å². The summed E-state index contributed by atoms with van der Waals surface area (Å²) in [5.74, 6) is -0.349. The summed E-state index contributed by atoms with van der Waals surface area (Å²) in [5, 5.41) is 2.52. The Balaban J connectivity index is 2.05. The van der Waals surface area contributed by atoms with Crippen LogP contribution in [0.15, 0.2) is 45.3 Å². The van der Waals surface area contributed by atoms with Crippen molar-refractivity contribution in [3.05, 3.63) is 56.7 Å². The predicted octanol–water partition coefficient (Wildman–Crippen LogP) is 5.07. The molecule has 2 aromatic carbocycles. The number of aryl methyl sites for hydroxylation is 1. The highest BCUT2D eigenvalue weighted by molar-refractivity contribution is 9.11. The fraction of sp³-hybridized carbons (Fsp3) is 0.188. The van der Waals surface area contributed by atoms with E-state index in [1.807, 2.05) is 12.1 Å². The van der Waals surface area contributed by atoms with E-state index < -0.39 is 17.8 Å². The van der Waals surface area contributed by atoms with E-state index in [1.54, 1.807) is 26.0 Å². The van der Waals surface area contributed by atoms with Gasteiger partial charge < -0.3 is 10.1 Å². The zero-order valence-corrected chi connectivity index (χ0v) is 15.2. The van der Waals surface area contributed by atoms with Crippen LogP contribution in [0.4, 0.5) is 10.1 Å². The molecule has 0 aliphatic carbocycles. The summed E-state index contributed by atoms with van der Waals surface area (Å²) in [6.45, 7) is 3.39. The molecule has 3 nitrogen and oxygen atoms in total. The van der Waals surface area contributed by atoms with Gasteiger partial charge in [0.05, 0.1) is 10.2 Å². The van der Waals surface area contributed by atoms with E-state index in [0.717, 1.165) is 14.5 Å². The van der Waals surface area contributed by atoms with E-state index in [1.165, 1.54) is 12.1 Å². The Labute approximate surface area is 145 Å². The van der Waals surface area contributed by atoms with Crippen molar-refractivity contribution in [2.75, 3.05) is 5.32 Å². The van der Waals surface area contributed by atoms with Crippen molar-refractivity contribution < 1.29 is 13.9 Å². The molecule has 1 amide bonds. The molecule has 0 aliphatic heterocycles. The van der Waals surface area contributed by atoms with E-state index in [4.69, 9.17) is 4.74 Å². The van der Waals surface area contributed by atoms with Crippen molar-refractivity contribution >= 4 is 43.5 Å². The third-order valence-corrected chi connectivity index (χ3v) is 4.06. The fourth-order valence-corrected chi connectivity index (χ4v) is 2.91. The molecule has 22 heavy (non-hydrogen) atoms. The highest BCUT2D eigenvalue weighted by Crippen LogP contribution is 2.29. The zero-order valence-electron chi connectivity index (χ0n) is 12.0. The Morgan fingerprint density at radius 2 is 1.95 bits per heavy atom. The quantitative estimate of drug-likeness (QED) is 0.735. The summed E-state index contributed by atoms with van der Waals surface area (Å²) >= 11 is 6.71. The third-order valence-electron chi connectivity index (χ3n) is 2.95. The molecule has 0 heterocycles. The first kappa shape index (κ1) is 17.0. The molecule has 116 valence electrons. The summed E-state index contributed by atoms with van der Waals surface area (Å²) < 4.78 is 21.0. The van der Waals surface area contributed by atoms with Crippen LogP contribution in [-0.2, 0) is 4.79 Å². The molecule has 2 rings (SSSR count). The Morgan fingerprint density at radius 3 is 2.59 bits per heavy atom. The molecule has 2 aromatic rings. The number of carbonyl (C=O) groups excluding carboxylic acids is 1. The first-order valence-electron chi connectivity index (χ1n) is 6.55. The van der Waals surface area contributed by atoms with Crippen LogP contribution in [0.25, 0.3) is 0 Å². The van der Waals surface area contributed by atoms with Gasteiger partial charge in [-0.05, 0) is 65.7 Å². The van der Waals surface area contributed by atoms with E-state index >= 15 is 0 Å². The maximum atomic E-state index is 13.7. The minimum absolute atomic E-state index is 0.140. The van der Waals surface area contributed by atoms with Crippen LogP contribution < -0.4 is 10.1 Å². The Bertz CT molecular complexity index is 707. The average Bonchev–Trinajstić information content (AvgIpc) is 2.44. The lowest BCUT2D eigenvalue weighted by Gasteiger charge is -2.16. The molecule has 0 saturated heterocycles. The van der Waals surface area contributed by atoms with Crippen LogP contribution in [0.1, 0.15) is 12.5 Å². The van der Waals surface area contributed by atoms with Crippen molar-refractivity contribution in [1.82, 2.24) is 0 Å². The van der Waals surface area contributed by atoms with Crippen molar-refractivity contribution in [3.8, 4) is 5.75 Å². The summed E-state index contributed by atoms with van der Waals surface area (Å²) in [6.07, 6.45) is -0.766. The molecule has 0 bridgehead atoms. The number of hydrogen-bond donors (Lipinski definition) is 1. The van der Waals surface area contributed by atoms with Gasteiger partial charge in [0.15, 0.2) is 6.10 Å². The smallest absolute Gasteiger partial charge is 0.265 e.